The van der Waals surface area contributed by atoms with Crippen LogP contribution in [0, 0.1) is 0 Å². The number of piperazine rings is 1. The van der Waals surface area contributed by atoms with Crippen molar-refractivity contribution in [2.75, 3.05) is 27.3 Å². The van der Waals surface area contributed by atoms with Crippen LogP contribution < -0.4 is 14.8 Å². The zero-order valence-corrected chi connectivity index (χ0v) is 12.2. The van der Waals surface area contributed by atoms with Crippen molar-refractivity contribution >= 4 is 5.91 Å². The molecule has 2 rings (SSSR count). The van der Waals surface area contributed by atoms with Crippen LogP contribution in [0.2, 0.25) is 0 Å². The quantitative estimate of drug-likeness (QED) is 0.859. The Hall–Kier alpha value is -1.89. The fourth-order valence-electron chi connectivity index (χ4n) is 2.50. The van der Waals surface area contributed by atoms with Crippen molar-refractivity contribution in [3.63, 3.8) is 0 Å². The number of ether oxygens (including phenoxy) is 2. The number of amides is 1. The van der Waals surface area contributed by atoms with E-state index >= 15 is 0 Å². The predicted molar refractivity (Wildman–Crippen MR) is 73.1 cm³/mol. The highest BCUT2D eigenvalue weighted by Crippen LogP contribution is 2.25. The molecule has 0 unspecified atom stereocenters. The van der Waals surface area contributed by atoms with Crippen LogP contribution in [-0.2, 0) is 0 Å². The maximum absolute atomic E-state index is 12.7. The molecule has 1 saturated heterocycles. The summed E-state index contributed by atoms with van der Waals surface area (Å²) in [5.41, 5.74) is 0.277. The molecule has 7 nitrogen and oxygen atoms in total. The third-order valence-electron chi connectivity index (χ3n) is 3.22. The molecular formula is C13H20N4O3. The lowest BCUT2D eigenvalue weighted by Crippen LogP contribution is -2.55. The van der Waals surface area contributed by atoms with Gasteiger partial charge in [-0.2, -0.15) is 0 Å². The molecule has 1 aromatic heterocycles. The van der Waals surface area contributed by atoms with Gasteiger partial charge in [0.05, 0.1) is 14.2 Å². The molecule has 1 aliphatic rings. The van der Waals surface area contributed by atoms with E-state index in [1.165, 1.54) is 20.5 Å². The molecule has 2 heterocycles. The maximum atomic E-state index is 12.7. The number of carbonyl (C=O) groups is 1. The molecule has 7 heteroatoms. The Kier molecular flexibility index (Phi) is 4.39. The fourth-order valence-corrected chi connectivity index (χ4v) is 2.50. The number of rotatable bonds is 3. The molecule has 0 bridgehead atoms. The third-order valence-corrected chi connectivity index (χ3v) is 3.22. The van der Waals surface area contributed by atoms with Gasteiger partial charge in [-0.3, -0.25) is 4.79 Å². The van der Waals surface area contributed by atoms with Crippen LogP contribution in [0.3, 0.4) is 0 Å². The second-order valence-corrected chi connectivity index (χ2v) is 4.95. The van der Waals surface area contributed by atoms with Crippen molar-refractivity contribution in [2.24, 2.45) is 0 Å². The Morgan fingerprint density at radius 3 is 2.15 bits per heavy atom. The van der Waals surface area contributed by atoms with Crippen LogP contribution in [0.25, 0.3) is 0 Å². The van der Waals surface area contributed by atoms with Crippen molar-refractivity contribution in [3.05, 3.63) is 11.9 Å². The Balaban J connectivity index is 2.32. The fraction of sp³-hybridized carbons (Fsp3) is 0.615. The van der Waals surface area contributed by atoms with E-state index in [2.05, 4.69) is 15.3 Å². The van der Waals surface area contributed by atoms with E-state index in [9.17, 15) is 4.79 Å². The molecule has 110 valence electrons. The van der Waals surface area contributed by atoms with Gasteiger partial charge in [-0.05, 0) is 13.8 Å². The molecule has 1 aliphatic heterocycles. The van der Waals surface area contributed by atoms with Crippen molar-refractivity contribution in [3.8, 4) is 11.8 Å². The summed E-state index contributed by atoms with van der Waals surface area (Å²) in [6.07, 6.45) is 1.32. The Bertz CT molecular complexity index is 462. The van der Waals surface area contributed by atoms with Crippen LogP contribution in [0.4, 0.5) is 0 Å². The largest absolute Gasteiger partial charge is 0.480 e. The van der Waals surface area contributed by atoms with E-state index in [4.69, 9.17) is 9.47 Å². The summed E-state index contributed by atoms with van der Waals surface area (Å²) in [5.74, 6) is 0.306. The normalized spacial score (nSPS) is 22.5. The van der Waals surface area contributed by atoms with Crippen LogP contribution in [0.1, 0.15) is 24.2 Å². The van der Waals surface area contributed by atoms with Gasteiger partial charge in [0.25, 0.3) is 5.91 Å². The van der Waals surface area contributed by atoms with Gasteiger partial charge in [0, 0.05) is 25.2 Å². The van der Waals surface area contributed by atoms with Gasteiger partial charge >= 0.3 is 0 Å². The van der Waals surface area contributed by atoms with Crippen LogP contribution in [0.15, 0.2) is 6.33 Å². The number of carbonyl (C=O) groups excluding carboxylic acids is 1. The molecule has 1 aromatic rings. The first kappa shape index (κ1) is 14.5. The molecule has 0 spiro atoms. The molecule has 2 atom stereocenters. The van der Waals surface area contributed by atoms with Crippen molar-refractivity contribution in [2.45, 2.75) is 25.9 Å². The second-order valence-electron chi connectivity index (χ2n) is 4.95. The van der Waals surface area contributed by atoms with Gasteiger partial charge < -0.3 is 19.7 Å². The minimum Gasteiger partial charge on any atom is -0.480 e. The number of nitrogens with zero attached hydrogens (tertiary/aromatic N) is 3. The van der Waals surface area contributed by atoms with Gasteiger partial charge in [-0.15, -0.1) is 0 Å². The van der Waals surface area contributed by atoms with E-state index in [0.29, 0.717) is 13.1 Å². The van der Waals surface area contributed by atoms with Crippen molar-refractivity contribution in [1.82, 2.24) is 20.2 Å². The van der Waals surface area contributed by atoms with Gasteiger partial charge in [-0.25, -0.2) is 9.97 Å². The summed E-state index contributed by atoms with van der Waals surface area (Å²) in [6.45, 7) is 5.35. The molecule has 1 N–H and O–H groups in total. The van der Waals surface area contributed by atoms with Gasteiger partial charge in [0.1, 0.15) is 6.33 Å². The SMILES string of the molecule is COc1ncnc(OC)c1C(=O)N1C[C@H](C)N[C@@H](C)C1. The van der Waals surface area contributed by atoms with E-state index < -0.39 is 0 Å². The predicted octanol–water partition coefficient (Wildman–Crippen LogP) is 0.316. The smallest absolute Gasteiger partial charge is 0.265 e. The summed E-state index contributed by atoms with van der Waals surface area (Å²) in [7, 11) is 2.95. The lowest BCUT2D eigenvalue weighted by molar-refractivity contribution is 0.0665. The topological polar surface area (TPSA) is 76.6 Å². The third kappa shape index (κ3) is 2.82. The number of methoxy groups -OCH3 is 2. The standard InChI is InChI=1S/C13H20N4O3/c1-8-5-17(6-9(2)16-8)13(18)10-11(19-3)14-7-15-12(10)20-4/h7-9,16H,5-6H2,1-4H3/t8-,9-/m0/s1. The first-order valence-electron chi connectivity index (χ1n) is 6.55. The van der Waals surface area contributed by atoms with Crippen LogP contribution >= 0.6 is 0 Å². The highest BCUT2D eigenvalue weighted by molar-refractivity contribution is 5.98. The number of aromatic nitrogens is 2. The van der Waals surface area contributed by atoms with Crippen LogP contribution in [-0.4, -0.2) is 60.2 Å². The Morgan fingerprint density at radius 1 is 1.20 bits per heavy atom. The average Bonchev–Trinajstić information content (AvgIpc) is 2.44. The van der Waals surface area contributed by atoms with Gasteiger partial charge in [0.2, 0.25) is 11.8 Å². The number of hydrogen-bond donors (Lipinski definition) is 1. The molecule has 1 fully saturated rings. The van der Waals surface area contributed by atoms with Crippen molar-refractivity contribution < 1.29 is 14.3 Å². The zero-order valence-electron chi connectivity index (χ0n) is 12.2. The van der Waals surface area contributed by atoms with E-state index in [1.54, 1.807) is 4.90 Å². The summed E-state index contributed by atoms with van der Waals surface area (Å²) < 4.78 is 10.3. The Morgan fingerprint density at radius 2 is 1.70 bits per heavy atom. The van der Waals surface area contributed by atoms with Crippen molar-refractivity contribution in [1.29, 1.82) is 0 Å². The van der Waals surface area contributed by atoms with E-state index in [-0.39, 0.29) is 35.3 Å². The molecule has 0 saturated carbocycles. The molecule has 0 aliphatic carbocycles. The molecule has 20 heavy (non-hydrogen) atoms. The maximum Gasteiger partial charge on any atom is 0.265 e. The molecule has 0 radical (unpaired) electrons. The second kappa shape index (κ2) is 6.04. The molecule has 1 amide bonds. The first-order valence-corrected chi connectivity index (χ1v) is 6.55. The van der Waals surface area contributed by atoms with Crippen LogP contribution in [0.5, 0.6) is 11.8 Å². The minimum absolute atomic E-state index is 0.167. The van der Waals surface area contributed by atoms with E-state index in [1.807, 2.05) is 13.8 Å². The average molecular weight is 280 g/mol. The zero-order chi connectivity index (χ0) is 14.7. The highest BCUT2D eigenvalue weighted by atomic mass is 16.5. The summed E-state index contributed by atoms with van der Waals surface area (Å²) >= 11 is 0. The monoisotopic (exact) mass is 280 g/mol. The summed E-state index contributed by atoms with van der Waals surface area (Å²) in [4.78, 5) is 22.4. The lowest BCUT2D eigenvalue weighted by Gasteiger charge is -2.36. The summed E-state index contributed by atoms with van der Waals surface area (Å²) in [5, 5.41) is 3.39. The number of nitrogens with one attached hydrogen (secondary N) is 1. The minimum atomic E-state index is -0.167. The molecular weight excluding hydrogens is 260 g/mol. The molecule has 0 aromatic carbocycles. The highest BCUT2D eigenvalue weighted by Gasteiger charge is 2.30. The van der Waals surface area contributed by atoms with Gasteiger partial charge in [-0.1, -0.05) is 0 Å². The van der Waals surface area contributed by atoms with E-state index in [0.717, 1.165) is 0 Å². The lowest BCUT2D eigenvalue weighted by atomic mass is 10.1. The van der Waals surface area contributed by atoms with Gasteiger partial charge in [0.15, 0.2) is 5.56 Å². The first-order chi connectivity index (χ1) is 9.56. The number of hydrogen-bond acceptors (Lipinski definition) is 6. The Labute approximate surface area is 118 Å². The summed E-state index contributed by atoms with van der Waals surface area (Å²) in [6, 6.07) is 0.480.